The zero-order chi connectivity index (χ0) is 8.93. The van der Waals surface area contributed by atoms with Gasteiger partial charge in [-0.05, 0) is 18.8 Å². The fraction of sp³-hybridized carbons (Fsp3) is 0.900. The molecule has 0 saturated carbocycles. The predicted molar refractivity (Wildman–Crippen MR) is 53.3 cm³/mol. The van der Waals surface area contributed by atoms with E-state index >= 15 is 0 Å². The number of aliphatic imine (C=N–C) groups is 1. The maximum Gasteiger partial charge on any atom is 0.0513 e. The highest BCUT2D eigenvalue weighted by Gasteiger charge is 2.17. The minimum absolute atomic E-state index is 0.861. The van der Waals surface area contributed by atoms with Crippen molar-refractivity contribution in [1.82, 2.24) is 4.90 Å². The summed E-state index contributed by atoms with van der Waals surface area (Å²) in [7, 11) is 0. The van der Waals surface area contributed by atoms with Crippen LogP contribution in [-0.4, -0.2) is 50.5 Å². The quantitative estimate of drug-likeness (QED) is 0.631. The van der Waals surface area contributed by atoms with Gasteiger partial charge < -0.3 is 4.74 Å². The van der Waals surface area contributed by atoms with Gasteiger partial charge in [0, 0.05) is 39.1 Å². The average Bonchev–Trinajstić information content (AvgIpc) is 2.21. The van der Waals surface area contributed by atoms with E-state index < -0.39 is 0 Å². The SMILES string of the molecule is C1=NCCN(CC2CCOCC2)C1. The van der Waals surface area contributed by atoms with Gasteiger partial charge in [0.1, 0.15) is 0 Å². The van der Waals surface area contributed by atoms with Crippen molar-refractivity contribution in [2.75, 3.05) is 39.4 Å². The topological polar surface area (TPSA) is 24.8 Å². The van der Waals surface area contributed by atoms with Gasteiger partial charge >= 0.3 is 0 Å². The third kappa shape index (κ3) is 2.78. The van der Waals surface area contributed by atoms with E-state index in [4.69, 9.17) is 4.74 Å². The molecule has 2 aliphatic rings. The maximum atomic E-state index is 5.34. The molecule has 0 aromatic carbocycles. The van der Waals surface area contributed by atoms with E-state index in [2.05, 4.69) is 9.89 Å². The van der Waals surface area contributed by atoms with Crippen LogP contribution in [0.3, 0.4) is 0 Å². The molecule has 0 aliphatic carbocycles. The Morgan fingerprint density at radius 3 is 2.92 bits per heavy atom. The van der Waals surface area contributed by atoms with Crippen LogP contribution in [0.2, 0.25) is 0 Å². The van der Waals surface area contributed by atoms with E-state index in [1.807, 2.05) is 6.21 Å². The van der Waals surface area contributed by atoms with E-state index in [1.54, 1.807) is 0 Å². The summed E-state index contributed by atoms with van der Waals surface area (Å²) >= 11 is 0. The number of rotatable bonds is 2. The summed E-state index contributed by atoms with van der Waals surface area (Å²) in [6.45, 7) is 6.36. The van der Waals surface area contributed by atoms with E-state index in [9.17, 15) is 0 Å². The molecule has 2 heterocycles. The van der Waals surface area contributed by atoms with Gasteiger partial charge in [-0.15, -0.1) is 0 Å². The van der Waals surface area contributed by atoms with Crippen molar-refractivity contribution < 1.29 is 4.74 Å². The van der Waals surface area contributed by atoms with Crippen molar-refractivity contribution in [3.8, 4) is 0 Å². The Bertz CT molecular complexity index is 176. The van der Waals surface area contributed by atoms with E-state index in [0.29, 0.717) is 0 Å². The summed E-state index contributed by atoms with van der Waals surface area (Å²) in [5.41, 5.74) is 0. The molecule has 0 unspecified atom stereocenters. The van der Waals surface area contributed by atoms with Gasteiger partial charge in [0.2, 0.25) is 0 Å². The van der Waals surface area contributed by atoms with Crippen molar-refractivity contribution in [2.45, 2.75) is 12.8 Å². The molecule has 0 atom stereocenters. The lowest BCUT2D eigenvalue weighted by Gasteiger charge is -2.29. The molecule has 74 valence electrons. The first-order valence-electron chi connectivity index (χ1n) is 5.23. The Hall–Kier alpha value is -0.410. The summed E-state index contributed by atoms with van der Waals surface area (Å²) in [6.07, 6.45) is 4.53. The first kappa shape index (κ1) is 9.16. The van der Waals surface area contributed by atoms with Crippen LogP contribution < -0.4 is 0 Å². The highest BCUT2D eigenvalue weighted by atomic mass is 16.5. The van der Waals surface area contributed by atoms with Crippen LogP contribution in [0, 0.1) is 5.92 Å². The van der Waals surface area contributed by atoms with Crippen LogP contribution in [0.5, 0.6) is 0 Å². The van der Waals surface area contributed by atoms with Crippen molar-refractivity contribution in [3.05, 3.63) is 0 Å². The minimum Gasteiger partial charge on any atom is -0.381 e. The largest absolute Gasteiger partial charge is 0.381 e. The summed E-state index contributed by atoms with van der Waals surface area (Å²) in [6, 6.07) is 0. The number of nitrogens with zero attached hydrogens (tertiary/aromatic N) is 2. The van der Waals surface area contributed by atoms with Crippen LogP contribution in [0.1, 0.15) is 12.8 Å². The summed E-state index contributed by atoms with van der Waals surface area (Å²) < 4.78 is 5.34. The van der Waals surface area contributed by atoms with Crippen molar-refractivity contribution in [2.24, 2.45) is 10.9 Å². The average molecular weight is 182 g/mol. The fourth-order valence-electron chi connectivity index (χ4n) is 2.01. The molecule has 2 aliphatic heterocycles. The van der Waals surface area contributed by atoms with Crippen LogP contribution >= 0.6 is 0 Å². The van der Waals surface area contributed by atoms with Gasteiger partial charge in [0.05, 0.1) is 6.54 Å². The lowest BCUT2D eigenvalue weighted by Crippen LogP contribution is -2.37. The van der Waals surface area contributed by atoms with E-state index in [-0.39, 0.29) is 0 Å². The lowest BCUT2D eigenvalue weighted by atomic mass is 9.99. The molecule has 1 saturated heterocycles. The number of hydrogen-bond donors (Lipinski definition) is 0. The third-order valence-electron chi connectivity index (χ3n) is 2.87. The molecule has 1 fully saturated rings. The molecule has 0 aromatic rings. The van der Waals surface area contributed by atoms with E-state index in [0.717, 1.165) is 38.8 Å². The Balaban J connectivity index is 1.72. The first-order valence-corrected chi connectivity index (χ1v) is 5.23. The fourth-order valence-corrected chi connectivity index (χ4v) is 2.01. The van der Waals surface area contributed by atoms with Gasteiger partial charge in [-0.1, -0.05) is 0 Å². The molecule has 0 aromatic heterocycles. The molecule has 13 heavy (non-hydrogen) atoms. The Kier molecular flexibility index (Phi) is 3.33. The second-order valence-corrected chi connectivity index (χ2v) is 3.90. The van der Waals surface area contributed by atoms with Gasteiger partial charge in [0.25, 0.3) is 0 Å². The molecule has 3 heteroatoms. The van der Waals surface area contributed by atoms with Crippen LogP contribution in [-0.2, 0) is 4.74 Å². The smallest absolute Gasteiger partial charge is 0.0513 e. The van der Waals surface area contributed by atoms with Crippen molar-refractivity contribution in [3.63, 3.8) is 0 Å². The summed E-state index contributed by atoms with van der Waals surface area (Å²) in [5.74, 6) is 0.861. The molecule has 0 radical (unpaired) electrons. The van der Waals surface area contributed by atoms with Crippen LogP contribution in [0.25, 0.3) is 0 Å². The van der Waals surface area contributed by atoms with E-state index in [1.165, 1.54) is 19.4 Å². The highest BCUT2D eigenvalue weighted by Crippen LogP contribution is 2.16. The van der Waals surface area contributed by atoms with Gasteiger partial charge in [0.15, 0.2) is 0 Å². The van der Waals surface area contributed by atoms with Gasteiger partial charge in [-0.2, -0.15) is 0 Å². The molecule has 0 bridgehead atoms. The molecular formula is C10H18N2O. The van der Waals surface area contributed by atoms with Crippen LogP contribution in [0.15, 0.2) is 4.99 Å². The number of ether oxygens (including phenoxy) is 1. The van der Waals surface area contributed by atoms with Crippen LogP contribution in [0.4, 0.5) is 0 Å². The highest BCUT2D eigenvalue weighted by molar-refractivity contribution is 5.60. The summed E-state index contributed by atoms with van der Waals surface area (Å²) in [4.78, 5) is 6.73. The Labute approximate surface area is 79.8 Å². The van der Waals surface area contributed by atoms with Crippen molar-refractivity contribution in [1.29, 1.82) is 0 Å². The zero-order valence-electron chi connectivity index (χ0n) is 8.11. The molecular weight excluding hydrogens is 164 g/mol. The Morgan fingerprint density at radius 2 is 2.23 bits per heavy atom. The van der Waals surface area contributed by atoms with Gasteiger partial charge in [-0.3, -0.25) is 9.89 Å². The molecule has 2 rings (SSSR count). The summed E-state index contributed by atoms with van der Waals surface area (Å²) in [5, 5.41) is 0. The molecule has 3 nitrogen and oxygen atoms in total. The second kappa shape index (κ2) is 4.72. The molecule has 0 spiro atoms. The predicted octanol–water partition coefficient (Wildman–Crippen LogP) is 0.799. The normalized spacial score (nSPS) is 26.5. The number of hydrogen-bond acceptors (Lipinski definition) is 3. The monoisotopic (exact) mass is 182 g/mol. The molecule has 0 N–H and O–H groups in total. The maximum absolute atomic E-state index is 5.34. The minimum atomic E-state index is 0.861. The molecule has 0 amide bonds. The zero-order valence-corrected chi connectivity index (χ0v) is 8.11. The first-order chi connectivity index (χ1) is 6.45. The lowest BCUT2D eigenvalue weighted by molar-refractivity contribution is 0.0546. The second-order valence-electron chi connectivity index (χ2n) is 3.90. The third-order valence-corrected chi connectivity index (χ3v) is 2.87. The standard InChI is InChI=1S/C10H18N2O/c1-7-13-8-2-10(1)9-12-5-3-11-4-6-12/h3,10H,1-2,4-9H2. The Morgan fingerprint density at radius 1 is 1.38 bits per heavy atom. The van der Waals surface area contributed by atoms with Gasteiger partial charge in [-0.25, -0.2) is 0 Å². The van der Waals surface area contributed by atoms with Crippen molar-refractivity contribution >= 4 is 6.21 Å².